The Bertz CT molecular complexity index is 369. The molecule has 0 saturated heterocycles. The molecule has 0 radical (unpaired) electrons. The number of benzene rings is 1. The van der Waals surface area contributed by atoms with Gasteiger partial charge in [0, 0.05) is 6.07 Å². The van der Waals surface area contributed by atoms with Crippen LogP contribution in [0.4, 0.5) is 0 Å². The SMILES string of the molecule is COc1ccc(CCN)c(OCCC(C)(C)C)c1. The molecule has 1 aromatic carbocycles. The maximum Gasteiger partial charge on any atom is 0.126 e. The molecule has 1 rings (SSSR count). The topological polar surface area (TPSA) is 44.5 Å². The predicted octanol–water partition coefficient (Wildman–Crippen LogP) is 3.01. The van der Waals surface area contributed by atoms with E-state index in [1.54, 1.807) is 7.11 Å². The number of hydrogen-bond donors (Lipinski definition) is 1. The predicted molar refractivity (Wildman–Crippen MR) is 75.3 cm³/mol. The largest absolute Gasteiger partial charge is 0.497 e. The third-order valence-corrected chi connectivity index (χ3v) is 2.80. The van der Waals surface area contributed by atoms with E-state index in [0.29, 0.717) is 13.2 Å². The van der Waals surface area contributed by atoms with Crippen molar-refractivity contribution in [3.05, 3.63) is 23.8 Å². The monoisotopic (exact) mass is 251 g/mol. The Labute approximate surface area is 110 Å². The van der Waals surface area contributed by atoms with Crippen molar-refractivity contribution in [1.29, 1.82) is 0 Å². The second-order valence-electron chi connectivity index (χ2n) is 5.67. The highest BCUT2D eigenvalue weighted by Gasteiger charge is 2.11. The fourth-order valence-corrected chi connectivity index (χ4v) is 1.63. The van der Waals surface area contributed by atoms with E-state index in [0.717, 1.165) is 29.9 Å². The molecule has 3 heteroatoms. The highest BCUT2D eigenvalue weighted by molar-refractivity contribution is 5.41. The quantitative estimate of drug-likeness (QED) is 0.845. The molecule has 0 amide bonds. The molecule has 18 heavy (non-hydrogen) atoms. The number of ether oxygens (including phenoxy) is 2. The van der Waals surface area contributed by atoms with E-state index in [2.05, 4.69) is 20.8 Å². The van der Waals surface area contributed by atoms with E-state index in [1.807, 2.05) is 18.2 Å². The van der Waals surface area contributed by atoms with Gasteiger partial charge in [0.1, 0.15) is 11.5 Å². The Balaban J connectivity index is 2.71. The van der Waals surface area contributed by atoms with Crippen molar-refractivity contribution in [1.82, 2.24) is 0 Å². The fourth-order valence-electron chi connectivity index (χ4n) is 1.63. The lowest BCUT2D eigenvalue weighted by Crippen LogP contribution is -2.12. The number of hydrogen-bond acceptors (Lipinski definition) is 3. The van der Waals surface area contributed by atoms with Crippen LogP contribution in [0.2, 0.25) is 0 Å². The van der Waals surface area contributed by atoms with Gasteiger partial charge in [0.2, 0.25) is 0 Å². The van der Waals surface area contributed by atoms with Gasteiger partial charge in [-0.3, -0.25) is 0 Å². The molecule has 0 aliphatic rings. The van der Waals surface area contributed by atoms with E-state index in [1.165, 1.54) is 0 Å². The molecule has 0 heterocycles. The molecule has 0 aliphatic carbocycles. The standard InChI is InChI=1S/C15H25NO2/c1-15(2,3)8-10-18-14-11-13(17-4)6-5-12(14)7-9-16/h5-6,11H,7-10,16H2,1-4H3. The van der Waals surface area contributed by atoms with E-state index in [9.17, 15) is 0 Å². The van der Waals surface area contributed by atoms with Crippen LogP contribution in [0.3, 0.4) is 0 Å². The Kier molecular flexibility index (Phi) is 5.48. The summed E-state index contributed by atoms with van der Waals surface area (Å²) in [6, 6.07) is 5.91. The van der Waals surface area contributed by atoms with E-state index >= 15 is 0 Å². The second-order valence-corrected chi connectivity index (χ2v) is 5.67. The van der Waals surface area contributed by atoms with Crippen LogP contribution in [0.25, 0.3) is 0 Å². The molecule has 0 aromatic heterocycles. The average Bonchev–Trinajstić information content (AvgIpc) is 2.30. The van der Waals surface area contributed by atoms with Gasteiger partial charge < -0.3 is 15.2 Å². The molecule has 0 spiro atoms. The molecule has 0 fully saturated rings. The number of methoxy groups -OCH3 is 1. The van der Waals surface area contributed by atoms with Crippen LogP contribution in [0, 0.1) is 5.41 Å². The van der Waals surface area contributed by atoms with Gasteiger partial charge in [-0.05, 0) is 36.4 Å². The lowest BCUT2D eigenvalue weighted by atomic mass is 9.93. The number of nitrogens with two attached hydrogens (primary N) is 1. The maximum absolute atomic E-state index is 5.87. The van der Waals surface area contributed by atoms with Crippen LogP contribution < -0.4 is 15.2 Å². The molecule has 0 bridgehead atoms. The van der Waals surface area contributed by atoms with Crippen LogP contribution in [-0.4, -0.2) is 20.3 Å². The molecule has 0 atom stereocenters. The normalized spacial score (nSPS) is 11.4. The summed E-state index contributed by atoms with van der Waals surface area (Å²) in [6.45, 7) is 7.98. The van der Waals surface area contributed by atoms with Crippen LogP contribution >= 0.6 is 0 Å². The summed E-state index contributed by atoms with van der Waals surface area (Å²) in [7, 11) is 1.66. The van der Waals surface area contributed by atoms with Gasteiger partial charge in [-0.25, -0.2) is 0 Å². The van der Waals surface area contributed by atoms with E-state index < -0.39 is 0 Å². The summed E-state index contributed by atoms with van der Waals surface area (Å²) in [6.07, 6.45) is 1.85. The molecule has 0 saturated carbocycles. The third kappa shape index (κ3) is 4.96. The van der Waals surface area contributed by atoms with Crippen molar-refractivity contribution in [3.63, 3.8) is 0 Å². The van der Waals surface area contributed by atoms with Crippen molar-refractivity contribution < 1.29 is 9.47 Å². The molecular weight excluding hydrogens is 226 g/mol. The minimum absolute atomic E-state index is 0.285. The minimum Gasteiger partial charge on any atom is -0.497 e. The summed E-state index contributed by atoms with van der Waals surface area (Å²) in [5.41, 5.74) is 7.04. The Morgan fingerprint density at radius 2 is 1.94 bits per heavy atom. The first kappa shape index (κ1) is 14.8. The van der Waals surface area contributed by atoms with Gasteiger partial charge in [-0.2, -0.15) is 0 Å². The molecule has 0 unspecified atom stereocenters. The first-order valence-corrected chi connectivity index (χ1v) is 6.46. The van der Waals surface area contributed by atoms with Gasteiger partial charge in [0.05, 0.1) is 13.7 Å². The van der Waals surface area contributed by atoms with E-state index in [-0.39, 0.29) is 5.41 Å². The van der Waals surface area contributed by atoms with Crippen molar-refractivity contribution in [2.24, 2.45) is 11.1 Å². The van der Waals surface area contributed by atoms with Crippen molar-refractivity contribution >= 4 is 0 Å². The van der Waals surface area contributed by atoms with Gasteiger partial charge in [0.15, 0.2) is 0 Å². The zero-order chi connectivity index (χ0) is 13.6. The van der Waals surface area contributed by atoms with Gasteiger partial charge in [0.25, 0.3) is 0 Å². The molecule has 0 aliphatic heterocycles. The van der Waals surface area contributed by atoms with Crippen molar-refractivity contribution in [2.45, 2.75) is 33.6 Å². The zero-order valence-corrected chi connectivity index (χ0v) is 12.0. The molecule has 1 aromatic rings. The highest BCUT2D eigenvalue weighted by Crippen LogP contribution is 2.26. The van der Waals surface area contributed by atoms with Crippen LogP contribution in [0.15, 0.2) is 18.2 Å². The summed E-state index contributed by atoms with van der Waals surface area (Å²) in [4.78, 5) is 0. The van der Waals surface area contributed by atoms with E-state index in [4.69, 9.17) is 15.2 Å². The smallest absolute Gasteiger partial charge is 0.126 e. The summed E-state index contributed by atoms with van der Waals surface area (Å²) >= 11 is 0. The highest BCUT2D eigenvalue weighted by atomic mass is 16.5. The fraction of sp³-hybridized carbons (Fsp3) is 0.600. The van der Waals surface area contributed by atoms with Gasteiger partial charge >= 0.3 is 0 Å². The Morgan fingerprint density at radius 1 is 1.22 bits per heavy atom. The van der Waals surface area contributed by atoms with Crippen LogP contribution in [0.1, 0.15) is 32.8 Å². The lowest BCUT2D eigenvalue weighted by molar-refractivity contribution is 0.240. The second kappa shape index (κ2) is 6.64. The Hall–Kier alpha value is -1.22. The Morgan fingerprint density at radius 3 is 2.50 bits per heavy atom. The zero-order valence-electron chi connectivity index (χ0n) is 12.0. The van der Waals surface area contributed by atoms with Crippen molar-refractivity contribution in [3.8, 4) is 11.5 Å². The van der Waals surface area contributed by atoms with Crippen LogP contribution in [0.5, 0.6) is 11.5 Å². The molecule has 2 N–H and O–H groups in total. The van der Waals surface area contributed by atoms with Crippen LogP contribution in [-0.2, 0) is 6.42 Å². The summed E-state index contributed by atoms with van der Waals surface area (Å²) < 4.78 is 11.1. The van der Waals surface area contributed by atoms with Crippen molar-refractivity contribution in [2.75, 3.05) is 20.3 Å². The molecular formula is C15H25NO2. The first-order chi connectivity index (χ1) is 8.46. The van der Waals surface area contributed by atoms with Gasteiger partial charge in [-0.1, -0.05) is 26.8 Å². The number of rotatable bonds is 6. The average molecular weight is 251 g/mol. The maximum atomic E-state index is 5.87. The third-order valence-electron chi connectivity index (χ3n) is 2.80. The summed E-state index contributed by atoms with van der Waals surface area (Å²) in [5, 5.41) is 0. The molecule has 3 nitrogen and oxygen atoms in total. The van der Waals surface area contributed by atoms with Gasteiger partial charge in [-0.15, -0.1) is 0 Å². The lowest BCUT2D eigenvalue weighted by Gasteiger charge is -2.19. The molecule has 102 valence electrons. The summed E-state index contributed by atoms with van der Waals surface area (Å²) in [5.74, 6) is 1.71. The minimum atomic E-state index is 0.285. The first-order valence-electron chi connectivity index (χ1n) is 6.46.